The van der Waals surface area contributed by atoms with Gasteiger partial charge in [0.05, 0.1) is 0 Å². The lowest BCUT2D eigenvalue weighted by Crippen LogP contribution is -2.17. The summed E-state index contributed by atoms with van der Waals surface area (Å²) in [7, 11) is 0. The molecule has 9 aromatic carbocycles. The summed E-state index contributed by atoms with van der Waals surface area (Å²) in [5, 5.41) is 7.68. The number of hydrogen-bond acceptors (Lipinski definition) is 0. The average molecular weight is 689 g/mol. The molecule has 0 saturated heterocycles. The summed E-state index contributed by atoms with van der Waals surface area (Å²) >= 11 is 0. The van der Waals surface area contributed by atoms with Crippen LogP contribution in [0.25, 0.3) is 88.0 Å². The zero-order valence-electron chi connectivity index (χ0n) is 31.2. The molecule has 0 amide bonds. The molecule has 0 aliphatic heterocycles. The van der Waals surface area contributed by atoms with E-state index in [1.165, 1.54) is 110 Å². The Bertz CT molecular complexity index is 2970. The van der Waals surface area contributed by atoms with Crippen LogP contribution in [0.1, 0.15) is 49.9 Å². The molecule has 54 heavy (non-hydrogen) atoms. The van der Waals surface area contributed by atoms with Crippen molar-refractivity contribution in [1.82, 2.24) is 0 Å². The third-order valence-corrected chi connectivity index (χ3v) is 12.9. The van der Waals surface area contributed by atoms with Gasteiger partial charge in [0.15, 0.2) is 0 Å². The number of hydrogen-bond donors (Lipinski definition) is 0. The zero-order chi connectivity index (χ0) is 36.3. The maximum Gasteiger partial charge on any atom is 0.0159 e. The maximum atomic E-state index is 2.51. The van der Waals surface area contributed by atoms with Gasteiger partial charge in [-0.25, -0.2) is 0 Å². The van der Waals surface area contributed by atoms with Crippen molar-refractivity contribution >= 4 is 32.3 Å². The van der Waals surface area contributed by atoms with Crippen LogP contribution in [0.15, 0.2) is 170 Å². The molecule has 0 heterocycles. The predicted octanol–water partition coefficient (Wildman–Crippen LogP) is 14.8. The second kappa shape index (κ2) is 11.1. The van der Waals surface area contributed by atoms with Gasteiger partial charge in [0.25, 0.3) is 0 Å². The minimum absolute atomic E-state index is 0.0209. The highest BCUT2D eigenvalue weighted by molar-refractivity contribution is 6.24. The Hall–Kier alpha value is -6.24. The van der Waals surface area contributed by atoms with Crippen molar-refractivity contribution in [3.63, 3.8) is 0 Å². The highest BCUT2D eigenvalue weighted by Gasteiger charge is 2.41. The number of fused-ring (bicyclic) bond motifs is 9. The van der Waals surface area contributed by atoms with Crippen LogP contribution in [0.3, 0.4) is 0 Å². The van der Waals surface area contributed by atoms with Gasteiger partial charge in [-0.05, 0) is 128 Å². The molecular formula is C54H40. The van der Waals surface area contributed by atoms with Crippen LogP contribution in [-0.4, -0.2) is 0 Å². The molecule has 0 fully saturated rings. The molecule has 0 saturated carbocycles. The van der Waals surface area contributed by atoms with Crippen molar-refractivity contribution in [1.29, 1.82) is 0 Å². The van der Waals surface area contributed by atoms with Crippen LogP contribution < -0.4 is 0 Å². The third-order valence-electron chi connectivity index (χ3n) is 12.9. The van der Waals surface area contributed by atoms with E-state index >= 15 is 0 Å². The quantitative estimate of drug-likeness (QED) is 0.162. The first-order valence-electron chi connectivity index (χ1n) is 19.3. The first-order valence-corrected chi connectivity index (χ1v) is 19.3. The Morgan fingerprint density at radius 2 is 0.685 bits per heavy atom. The Kier molecular flexibility index (Phi) is 6.46. The van der Waals surface area contributed by atoms with E-state index in [2.05, 4.69) is 198 Å². The van der Waals surface area contributed by atoms with Gasteiger partial charge in [-0.1, -0.05) is 179 Å². The second-order valence-corrected chi connectivity index (χ2v) is 16.4. The molecule has 11 rings (SSSR count). The average Bonchev–Trinajstić information content (AvgIpc) is 3.57. The molecule has 0 N–H and O–H groups in total. The van der Waals surface area contributed by atoms with Crippen LogP contribution >= 0.6 is 0 Å². The molecule has 0 aromatic heterocycles. The lowest BCUT2D eigenvalue weighted by molar-refractivity contribution is 0.652. The smallest absolute Gasteiger partial charge is 0.0159 e. The Balaban J connectivity index is 1.10. The molecule has 256 valence electrons. The summed E-state index contributed by atoms with van der Waals surface area (Å²) in [6, 6.07) is 63.8. The topological polar surface area (TPSA) is 0 Å². The van der Waals surface area contributed by atoms with Crippen molar-refractivity contribution in [2.75, 3.05) is 0 Å². The van der Waals surface area contributed by atoms with E-state index in [4.69, 9.17) is 0 Å². The van der Waals surface area contributed by atoms with E-state index in [1.807, 2.05) is 0 Å². The Morgan fingerprint density at radius 1 is 0.259 bits per heavy atom. The third kappa shape index (κ3) is 4.20. The Morgan fingerprint density at radius 3 is 1.31 bits per heavy atom. The van der Waals surface area contributed by atoms with Crippen molar-refractivity contribution in [3.8, 4) is 55.6 Å². The van der Waals surface area contributed by atoms with Crippen molar-refractivity contribution in [2.24, 2.45) is 0 Å². The van der Waals surface area contributed by atoms with Crippen molar-refractivity contribution in [2.45, 2.75) is 38.5 Å². The van der Waals surface area contributed by atoms with Gasteiger partial charge >= 0.3 is 0 Å². The molecule has 0 atom stereocenters. The standard InChI is InChI=1S/C54H40/c1-53(2)47-25-15-14-20-38(47)45-31-50-46(32-49(45)53)39-27-26-34(30-48(39)54(50,3)4)35-28-29-44(37-19-9-8-18-36(35)37)52-42-23-12-10-21-40(42)51(33-16-6-5-7-17-33)41-22-11-13-24-43(41)52/h5-32H,1-4H3. The first-order chi connectivity index (χ1) is 26.3. The van der Waals surface area contributed by atoms with Gasteiger partial charge in [-0.2, -0.15) is 0 Å². The fourth-order valence-corrected chi connectivity index (χ4v) is 10.2. The molecule has 0 nitrogen and oxygen atoms in total. The van der Waals surface area contributed by atoms with Gasteiger partial charge in [0.1, 0.15) is 0 Å². The van der Waals surface area contributed by atoms with Gasteiger partial charge in [0, 0.05) is 10.8 Å². The minimum Gasteiger partial charge on any atom is -0.0622 e. The zero-order valence-corrected chi connectivity index (χ0v) is 31.2. The van der Waals surface area contributed by atoms with Gasteiger partial charge in [-0.15, -0.1) is 0 Å². The fourth-order valence-electron chi connectivity index (χ4n) is 10.2. The van der Waals surface area contributed by atoms with Crippen LogP contribution in [-0.2, 0) is 10.8 Å². The molecule has 0 spiro atoms. The van der Waals surface area contributed by atoms with Gasteiger partial charge in [-0.3, -0.25) is 0 Å². The van der Waals surface area contributed by atoms with Crippen LogP contribution in [0.5, 0.6) is 0 Å². The van der Waals surface area contributed by atoms with E-state index in [0.29, 0.717) is 0 Å². The summed E-state index contributed by atoms with van der Waals surface area (Å²) in [5.74, 6) is 0. The molecule has 2 aliphatic rings. The van der Waals surface area contributed by atoms with E-state index in [0.717, 1.165) is 0 Å². The second-order valence-electron chi connectivity index (χ2n) is 16.4. The lowest BCUT2D eigenvalue weighted by Gasteiger charge is -2.24. The van der Waals surface area contributed by atoms with E-state index in [-0.39, 0.29) is 10.8 Å². The summed E-state index contributed by atoms with van der Waals surface area (Å²) < 4.78 is 0. The van der Waals surface area contributed by atoms with Gasteiger partial charge in [0.2, 0.25) is 0 Å². The van der Waals surface area contributed by atoms with E-state index in [1.54, 1.807) is 0 Å². The van der Waals surface area contributed by atoms with E-state index in [9.17, 15) is 0 Å². The molecule has 2 aliphatic carbocycles. The fraction of sp³-hybridized carbons (Fsp3) is 0.111. The van der Waals surface area contributed by atoms with E-state index < -0.39 is 0 Å². The molecule has 9 aromatic rings. The van der Waals surface area contributed by atoms with Crippen LogP contribution in [0.2, 0.25) is 0 Å². The monoisotopic (exact) mass is 688 g/mol. The summed E-state index contributed by atoms with van der Waals surface area (Å²) in [4.78, 5) is 0. The number of rotatable bonds is 3. The predicted molar refractivity (Wildman–Crippen MR) is 230 cm³/mol. The summed E-state index contributed by atoms with van der Waals surface area (Å²) in [6.45, 7) is 9.59. The molecule has 0 heteroatoms. The SMILES string of the molecule is CC1(C)c2ccccc2-c2cc3c(cc21)-c1ccc(-c2ccc(-c4c5ccccc5c(-c5ccccc5)c5ccccc45)c4ccccc24)cc1C3(C)C. The maximum absolute atomic E-state index is 2.51. The van der Waals surface area contributed by atoms with Crippen molar-refractivity contribution < 1.29 is 0 Å². The molecule has 0 radical (unpaired) electrons. The first kappa shape index (κ1) is 31.3. The minimum atomic E-state index is -0.120. The van der Waals surface area contributed by atoms with Crippen LogP contribution in [0.4, 0.5) is 0 Å². The molecule has 0 bridgehead atoms. The highest BCUT2D eigenvalue weighted by atomic mass is 14.4. The number of benzene rings is 9. The Labute approximate surface area is 317 Å². The van der Waals surface area contributed by atoms with Crippen molar-refractivity contribution in [3.05, 3.63) is 192 Å². The normalized spacial score (nSPS) is 14.6. The molecular weight excluding hydrogens is 649 g/mol. The summed E-state index contributed by atoms with van der Waals surface area (Å²) in [6.07, 6.45) is 0. The van der Waals surface area contributed by atoms with Gasteiger partial charge < -0.3 is 0 Å². The molecule has 0 unspecified atom stereocenters. The van der Waals surface area contributed by atoms with Crippen LogP contribution in [0, 0.1) is 0 Å². The largest absolute Gasteiger partial charge is 0.0622 e. The summed E-state index contributed by atoms with van der Waals surface area (Å²) in [5.41, 5.74) is 18.8. The highest BCUT2D eigenvalue weighted by Crippen LogP contribution is 2.56. The lowest BCUT2D eigenvalue weighted by atomic mass is 9.79.